The quantitative estimate of drug-likeness (QED) is 0.804. The first-order valence-corrected chi connectivity index (χ1v) is 4.48. The zero-order valence-electron chi connectivity index (χ0n) is 8.16. The first kappa shape index (κ1) is 10.0. The van der Waals surface area contributed by atoms with Gasteiger partial charge in [0.05, 0.1) is 24.3 Å². The molecule has 16 heavy (non-hydrogen) atoms. The van der Waals surface area contributed by atoms with Gasteiger partial charge in [0.1, 0.15) is 5.82 Å². The standard InChI is InChI=1S/C10H8N4O2/c15-10(16)8-5-12-6-9(14-8)13-7-2-1-3-11-4-7/h1-6H,(H,13,14)(H,15,16). The molecule has 0 fully saturated rings. The van der Waals surface area contributed by atoms with E-state index in [1.165, 1.54) is 12.4 Å². The molecule has 0 atom stereocenters. The van der Waals surface area contributed by atoms with E-state index in [9.17, 15) is 4.79 Å². The van der Waals surface area contributed by atoms with Crippen molar-refractivity contribution in [2.75, 3.05) is 5.32 Å². The van der Waals surface area contributed by atoms with Gasteiger partial charge in [-0.05, 0) is 12.1 Å². The molecule has 6 nitrogen and oxygen atoms in total. The molecule has 0 aromatic carbocycles. The second-order valence-corrected chi connectivity index (χ2v) is 2.96. The SMILES string of the molecule is O=C(O)c1cncc(Nc2cccnc2)n1. The van der Waals surface area contributed by atoms with Gasteiger partial charge in [0.2, 0.25) is 0 Å². The lowest BCUT2D eigenvalue weighted by Gasteiger charge is -2.04. The fourth-order valence-electron chi connectivity index (χ4n) is 1.11. The van der Waals surface area contributed by atoms with Crippen LogP contribution in [0.3, 0.4) is 0 Å². The minimum absolute atomic E-state index is 0.103. The lowest BCUT2D eigenvalue weighted by atomic mass is 10.4. The maximum absolute atomic E-state index is 10.7. The van der Waals surface area contributed by atoms with Crippen LogP contribution in [0.2, 0.25) is 0 Å². The van der Waals surface area contributed by atoms with E-state index in [4.69, 9.17) is 5.11 Å². The van der Waals surface area contributed by atoms with E-state index in [0.29, 0.717) is 5.82 Å². The largest absolute Gasteiger partial charge is 0.476 e. The molecule has 0 radical (unpaired) electrons. The van der Waals surface area contributed by atoms with Crippen LogP contribution in [-0.4, -0.2) is 26.0 Å². The molecule has 0 bridgehead atoms. The molecule has 2 aromatic rings. The zero-order valence-corrected chi connectivity index (χ0v) is 8.16. The molecule has 80 valence electrons. The summed E-state index contributed by atoms with van der Waals surface area (Å²) in [7, 11) is 0. The number of rotatable bonds is 3. The fourth-order valence-corrected chi connectivity index (χ4v) is 1.11. The lowest BCUT2D eigenvalue weighted by Crippen LogP contribution is -2.03. The summed E-state index contributed by atoms with van der Waals surface area (Å²) in [4.78, 5) is 22.2. The molecule has 0 aliphatic carbocycles. The molecule has 0 spiro atoms. The van der Waals surface area contributed by atoms with Crippen molar-refractivity contribution in [3.8, 4) is 0 Å². The van der Waals surface area contributed by atoms with Gasteiger partial charge < -0.3 is 10.4 Å². The molecule has 2 heterocycles. The van der Waals surface area contributed by atoms with E-state index in [-0.39, 0.29) is 5.69 Å². The summed E-state index contributed by atoms with van der Waals surface area (Å²) in [6.07, 6.45) is 5.88. The number of nitrogens with zero attached hydrogens (tertiary/aromatic N) is 3. The van der Waals surface area contributed by atoms with Gasteiger partial charge in [0.15, 0.2) is 5.69 Å². The number of carboxylic acids is 1. The lowest BCUT2D eigenvalue weighted by molar-refractivity contribution is 0.0690. The van der Waals surface area contributed by atoms with E-state index in [0.717, 1.165) is 5.69 Å². The maximum atomic E-state index is 10.7. The Morgan fingerprint density at radius 2 is 2.12 bits per heavy atom. The van der Waals surface area contributed by atoms with Crippen molar-refractivity contribution in [1.82, 2.24) is 15.0 Å². The maximum Gasteiger partial charge on any atom is 0.356 e. The summed E-state index contributed by atoms with van der Waals surface area (Å²) in [6, 6.07) is 3.55. The number of aromatic carboxylic acids is 1. The van der Waals surface area contributed by atoms with Crippen LogP contribution in [0.15, 0.2) is 36.9 Å². The molecule has 0 saturated heterocycles. The average molecular weight is 216 g/mol. The molecule has 2 rings (SSSR count). The Labute approximate surface area is 91.0 Å². The fraction of sp³-hybridized carbons (Fsp3) is 0. The van der Waals surface area contributed by atoms with Crippen LogP contribution >= 0.6 is 0 Å². The molecular weight excluding hydrogens is 208 g/mol. The molecule has 0 aliphatic heterocycles. The Morgan fingerprint density at radius 1 is 1.25 bits per heavy atom. The number of carboxylic acid groups (broad SMARTS) is 1. The summed E-state index contributed by atoms with van der Waals surface area (Å²) in [5.74, 6) is -0.741. The van der Waals surface area contributed by atoms with Gasteiger partial charge in [-0.1, -0.05) is 0 Å². The highest BCUT2D eigenvalue weighted by Crippen LogP contribution is 2.11. The van der Waals surface area contributed by atoms with E-state index >= 15 is 0 Å². The highest BCUT2D eigenvalue weighted by Gasteiger charge is 2.05. The smallest absolute Gasteiger partial charge is 0.356 e. The van der Waals surface area contributed by atoms with Gasteiger partial charge in [-0.3, -0.25) is 9.97 Å². The van der Waals surface area contributed by atoms with Crippen molar-refractivity contribution in [2.45, 2.75) is 0 Å². The molecule has 2 aromatic heterocycles. The van der Waals surface area contributed by atoms with Crippen LogP contribution in [0.25, 0.3) is 0 Å². The predicted octanol–water partition coefficient (Wildman–Crippen LogP) is 1.31. The third kappa shape index (κ3) is 2.30. The number of hydrogen-bond donors (Lipinski definition) is 2. The minimum atomic E-state index is -1.11. The van der Waals surface area contributed by atoms with Gasteiger partial charge >= 0.3 is 5.97 Å². The second kappa shape index (κ2) is 4.35. The Bertz CT molecular complexity index is 501. The third-order valence-electron chi connectivity index (χ3n) is 1.79. The number of aromatic nitrogens is 3. The molecule has 0 amide bonds. The first-order valence-electron chi connectivity index (χ1n) is 4.48. The van der Waals surface area contributed by atoms with Crippen LogP contribution in [0.4, 0.5) is 11.5 Å². The van der Waals surface area contributed by atoms with E-state index < -0.39 is 5.97 Å². The van der Waals surface area contributed by atoms with E-state index in [2.05, 4.69) is 20.3 Å². The van der Waals surface area contributed by atoms with Crippen molar-refractivity contribution in [1.29, 1.82) is 0 Å². The predicted molar refractivity (Wildman–Crippen MR) is 56.5 cm³/mol. The Hall–Kier alpha value is -2.50. The highest BCUT2D eigenvalue weighted by molar-refractivity contribution is 5.85. The summed E-state index contributed by atoms with van der Waals surface area (Å²) in [6.45, 7) is 0. The number of pyridine rings is 1. The van der Waals surface area contributed by atoms with Crippen molar-refractivity contribution in [3.05, 3.63) is 42.6 Å². The highest BCUT2D eigenvalue weighted by atomic mass is 16.4. The molecule has 0 saturated carbocycles. The molecule has 6 heteroatoms. The molecule has 2 N–H and O–H groups in total. The van der Waals surface area contributed by atoms with E-state index in [1.54, 1.807) is 24.5 Å². The summed E-state index contributed by atoms with van der Waals surface area (Å²) >= 11 is 0. The number of anilines is 2. The van der Waals surface area contributed by atoms with Crippen molar-refractivity contribution < 1.29 is 9.90 Å². The molecule has 0 aliphatic rings. The Balaban J connectivity index is 2.22. The van der Waals surface area contributed by atoms with Crippen LogP contribution < -0.4 is 5.32 Å². The van der Waals surface area contributed by atoms with Crippen LogP contribution in [0.1, 0.15) is 10.5 Å². The van der Waals surface area contributed by atoms with Crippen LogP contribution in [0.5, 0.6) is 0 Å². The van der Waals surface area contributed by atoms with Crippen LogP contribution in [-0.2, 0) is 0 Å². The van der Waals surface area contributed by atoms with Gasteiger partial charge in [0.25, 0.3) is 0 Å². The van der Waals surface area contributed by atoms with Gasteiger partial charge in [0, 0.05) is 6.20 Å². The Morgan fingerprint density at radius 3 is 2.81 bits per heavy atom. The summed E-state index contributed by atoms with van der Waals surface area (Å²) in [5.41, 5.74) is 0.619. The minimum Gasteiger partial charge on any atom is -0.476 e. The Kier molecular flexibility index (Phi) is 2.73. The number of nitrogens with one attached hydrogen (secondary N) is 1. The summed E-state index contributed by atoms with van der Waals surface area (Å²) in [5, 5.41) is 11.6. The van der Waals surface area contributed by atoms with Crippen molar-refractivity contribution in [2.24, 2.45) is 0 Å². The monoisotopic (exact) mass is 216 g/mol. The van der Waals surface area contributed by atoms with E-state index in [1.807, 2.05) is 0 Å². The van der Waals surface area contributed by atoms with Crippen molar-refractivity contribution in [3.63, 3.8) is 0 Å². The van der Waals surface area contributed by atoms with Gasteiger partial charge in [-0.25, -0.2) is 9.78 Å². The zero-order chi connectivity index (χ0) is 11.4. The number of hydrogen-bond acceptors (Lipinski definition) is 5. The van der Waals surface area contributed by atoms with Crippen LogP contribution in [0, 0.1) is 0 Å². The molecule has 0 unspecified atom stereocenters. The topological polar surface area (TPSA) is 88.0 Å². The van der Waals surface area contributed by atoms with Crippen molar-refractivity contribution >= 4 is 17.5 Å². The first-order chi connectivity index (χ1) is 7.75. The third-order valence-corrected chi connectivity index (χ3v) is 1.79. The van der Waals surface area contributed by atoms with Gasteiger partial charge in [-0.15, -0.1) is 0 Å². The number of carbonyl (C=O) groups is 1. The average Bonchev–Trinajstić information content (AvgIpc) is 2.30. The summed E-state index contributed by atoms with van der Waals surface area (Å²) < 4.78 is 0. The molecular formula is C10H8N4O2. The van der Waals surface area contributed by atoms with Gasteiger partial charge in [-0.2, -0.15) is 0 Å². The second-order valence-electron chi connectivity index (χ2n) is 2.96. The normalized spacial score (nSPS) is 9.75.